The van der Waals surface area contributed by atoms with E-state index in [9.17, 15) is 4.79 Å². The van der Waals surface area contributed by atoms with Crippen molar-refractivity contribution >= 4 is 5.97 Å². The molecule has 0 radical (unpaired) electrons. The molecule has 0 saturated heterocycles. The maximum Gasteiger partial charge on any atom is 0.344 e. The Morgan fingerprint density at radius 1 is 1.25 bits per heavy atom. The van der Waals surface area contributed by atoms with Crippen molar-refractivity contribution in [1.82, 2.24) is 0 Å². The number of hydrogen-bond acceptors (Lipinski definition) is 5. The van der Waals surface area contributed by atoms with Crippen LogP contribution in [0.5, 0.6) is 5.75 Å². The molecule has 1 rings (SSSR count). The quantitative estimate of drug-likeness (QED) is 0.491. The van der Waals surface area contributed by atoms with Gasteiger partial charge in [0.2, 0.25) is 6.29 Å². The van der Waals surface area contributed by atoms with E-state index in [0.29, 0.717) is 11.3 Å². The Kier molecular flexibility index (Phi) is 5.56. The van der Waals surface area contributed by atoms with Crippen LogP contribution in [-0.4, -0.2) is 34.7 Å². The minimum Gasteiger partial charge on any atom is -0.482 e. The summed E-state index contributed by atoms with van der Waals surface area (Å²) in [5.41, 5.74) is 0.0769. The van der Waals surface area contributed by atoms with Gasteiger partial charge in [-0.2, -0.15) is 0 Å². The molecule has 0 amide bonds. The van der Waals surface area contributed by atoms with Crippen molar-refractivity contribution in [2.45, 2.75) is 32.7 Å². The number of carbonyl (C=O) groups is 1. The van der Waals surface area contributed by atoms with Crippen molar-refractivity contribution in [2.24, 2.45) is 0 Å². The van der Waals surface area contributed by atoms with Gasteiger partial charge in [-0.25, -0.2) is 4.79 Å². The Morgan fingerprint density at radius 2 is 1.85 bits per heavy atom. The largest absolute Gasteiger partial charge is 0.482 e. The SMILES string of the molecule is CC(C)(C)OC(=O)COc1ccc(C#CC(O)O)cc1. The molecule has 0 aliphatic rings. The fourth-order valence-corrected chi connectivity index (χ4v) is 1.30. The summed E-state index contributed by atoms with van der Waals surface area (Å²) in [5.74, 6) is 4.84. The number of esters is 1. The van der Waals surface area contributed by atoms with E-state index in [2.05, 4.69) is 11.8 Å². The first kappa shape index (κ1) is 16.0. The average Bonchev–Trinajstić information content (AvgIpc) is 2.33. The van der Waals surface area contributed by atoms with Gasteiger partial charge in [0, 0.05) is 5.56 Å². The summed E-state index contributed by atoms with van der Waals surface area (Å²) in [4.78, 5) is 11.5. The summed E-state index contributed by atoms with van der Waals surface area (Å²) in [6.45, 7) is 5.19. The molecule has 108 valence electrons. The zero-order valence-corrected chi connectivity index (χ0v) is 11.7. The molecule has 0 fully saturated rings. The van der Waals surface area contributed by atoms with Gasteiger partial charge in [0.15, 0.2) is 6.61 Å². The van der Waals surface area contributed by atoms with E-state index in [-0.39, 0.29) is 6.61 Å². The normalized spacial score (nSPS) is 10.7. The highest BCUT2D eigenvalue weighted by Gasteiger charge is 2.16. The fraction of sp³-hybridized carbons (Fsp3) is 0.400. The predicted molar refractivity (Wildman–Crippen MR) is 72.9 cm³/mol. The number of aliphatic hydroxyl groups excluding tert-OH is 1. The molecule has 0 unspecified atom stereocenters. The molecule has 0 heterocycles. The van der Waals surface area contributed by atoms with Gasteiger partial charge >= 0.3 is 5.97 Å². The lowest BCUT2D eigenvalue weighted by Gasteiger charge is -2.19. The van der Waals surface area contributed by atoms with Gasteiger partial charge in [0.25, 0.3) is 0 Å². The zero-order chi connectivity index (χ0) is 15.2. The molecule has 5 heteroatoms. The maximum atomic E-state index is 11.5. The zero-order valence-electron chi connectivity index (χ0n) is 11.7. The Bertz CT molecular complexity index is 500. The summed E-state index contributed by atoms with van der Waals surface area (Å²) in [5, 5.41) is 17.2. The van der Waals surface area contributed by atoms with E-state index in [0.717, 1.165) is 0 Å². The molecule has 0 aliphatic heterocycles. The highest BCUT2D eigenvalue weighted by molar-refractivity contribution is 5.71. The van der Waals surface area contributed by atoms with Crippen LogP contribution in [0.3, 0.4) is 0 Å². The molecule has 20 heavy (non-hydrogen) atoms. The number of carbonyl (C=O) groups excluding carboxylic acids is 1. The standard InChI is InChI=1S/C15H18O5/c1-15(2,3)20-14(18)10-19-12-7-4-11(5-8-12)6-9-13(16)17/h4-5,7-8,13,16-17H,10H2,1-3H3. The fourth-order valence-electron chi connectivity index (χ4n) is 1.30. The molecular formula is C15H18O5. The predicted octanol–water partition coefficient (Wildman–Crippen LogP) is 1.07. The van der Waals surface area contributed by atoms with Gasteiger partial charge < -0.3 is 19.7 Å². The molecule has 1 aromatic rings. The summed E-state index contributed by atoms with van der Waals surface area (Å²) >= 11 is 0. The second kappa shape index (κ2) is 6.94. The molecule has 2 N–H and O–H groups in total. The van der Waals surface area contributed by atoms with E-state index in [4.69, 9.17) is 19.7 Å². The number of aliphatic hydroxyl groups is 2. The van der Waals surface area contributed by atoms with Crippen molar-refractivity contribution in [2.75, 3.05) is 6.61 Å². The molecule has 0 bridgehead atoms. The van der Waals surface area contributed by atoms with Crippen LogP contribution >= 0.6 is 0 Å². The first-order valence-electron chi connectivity index (χ1n) is 6.09. The molecule has 0 spiro atoms. The maximum absolute atomic E-state index is 11.5. The third-order valence-corrected chi connectivity index (χ3v) is 1.98. The van der Waals surface area contributed by atoms with Crippen LogP contribution in [0, 0.1) is 11.8 Å². The van der Waals surface area contributed by atoms with Crippen LogP contribution in [0.15, 0.2) is 24.3 Å². The number of rotatable bonds is 3. The second-order valence-electron chi connectivity index (χ2n) is 5.04. The summed E-state index contributed by atoms with van der Waals surface area (Å²) < 4.78 is 10.4. The molecule has 0 aliphatic carbocycles. The van der Waals surface area contributed by atoms with Gasteiger partial charge in [-0.1, -0.05) is 5.92 Å². The number of benzene rings is 1. The molecule has 5 nitrogen and oxygen atoms in total. The van der Waals surface area contributed by atoms with Crippen LogP contribution in [0.25, 0.3) is 0 Å². The lowest BCUT2D eigenvalue weighted by molar-refractivity contribution is -0.157. The lowest BCUT2D eigenvalue weighted by Crippen LogP contribution is -2.27. The van der Waals surface area contributed by atoms with Crippen molar-refractivity contribution in [3.05, 3.63) is 29.8 Å². The summed E-state index contributed by atoms with van der Waals surface area (Å²) in [6, 6.07) is 6.58. The third-order valence-electron chi connectivity index (χ3n) is 1.98. The first-order valence-corrected chi connectivity index (χ1v) is 6.09. The second-order valence-corrected chi connectivity index (χ2v) is 5.04. The van der Waals surface area contributed by atoms with E-state index in [1.54, 1.807) is 45.0 Å². The first-order chi connectivity index (χ1) is 9.26. The van der Waals surface area contributed by atoms with Crippen LogP contribution < -0.4 is 4.74 Å². The lowest BCUT2D eigenvalue weighted by atomic mass is 10.2. The highest BCUT2D eigenvalue weighted by atomic mass is 16.6. The molecule has 0 aromatic heterocycles. The van der Waals surface area contributed by atoms with Crippen LogP contribution in [0.2, 0.25) is 0 Å². The topological polar surface area (TPSA) is 76.0 Å². The van der Waals surface area contributed by atoms with Gasteiger partial charge in [0.05, 0.1) is 0 Å². The Labute approximate surface area is 118 Å². The summed E-state index contributed by atoms with van der Waals surface area (Å²) in [7, 11) is 0. The number of hydrogen-bond donors (Lipinski definition) is 2. The Morgan fingerprint density at radius 3 is 2.35 bits per heavy atom. The average molecular weight is 278 g/mol. The van der Waals surface area contributed by atoms with E-state index in [1.165, 1.54) is 0 Å². The van der Waals surface area contributed by atoms with E-state index >= 15 is 0 Å². The molecule has 0 saturated carbocycles. The minimum absolute atomic E-state index is 0.169. The van der Waals surface area contributed by atoms with Crippen LogP contribution in [-0.2, 0) is 9.53 Å². The smallest absolute Gasteiger partial charge is 0.344 e. The van der Waals surface area contributed by atoms with Gasteiger partial charge in [0.1, 0.15) is 11.4 Å². The minimum atomic E-state index is -1.65. The Balaban J connectivity index is 2.51. The van der Waals surface area contributed by atoms with Gasteiger partial charge in [-0.15, -0.1) is 0 Å². The number of ether oxygens (including phenoxy) is 2. The van der Waals surface area contributed by atoms with Crippen LogP contribution in [0.4, 0.5) is 0 Å². The van der Waals surface area contributed by atoms with Crippen molar-refractivity contribution < 1.29 is 24.5 Å². The highest BCUT2D eigenvalue weighted by Crippen LogP contribution is 2.12. The van der Waals surface area contributed by atoms with Crippen molar-refractivity contribution in [3.8, 4) is 17.6 Å². The third kappa shape index (κ3) is 6.78. The van der Waals surface area contributed by atoms with Gasteiger partial charge in [-0.3, -0.25) is 0 Å². The Hall–Kier alpha value is -2.03. The molecule has 0 atom stereocenters. The molecule has 1 aromatic carbocycles. The van der Waals surface area contributed by atoms with E-state index in [1.807, 2.05) is 0 Å². The van der Waals surface area contributed by atoms with Crippen molar-refractivity contribution in [1.29, 1.82) is 0 Å². The van der Waals surface area contributed by atoms with Crippen molar-refractivity contribution in [3.63, 3.8) is 0 Å². The van der Waals surface area contributed by atoms with Gasteiger partial charge in [-0.05, 0) is 51.0 Å². The van der Waals surface area contributed by atoms with Crippen LogP contribution in [0.1, 0.15) is 26.3 Å². The molecular weight excluding hydrogens is 260 g/mol. The summed E-state index contributed by atoms with van der Waals surface area (Å²) in [6.07, 6.45) is -1.65. The van der Waals surface area contributed by atoms with E-state index < -0.39 is 17.9 Å². The monoisotopic (exact) mass is 278 g/mol.